The highest BCUT2D eigenvalue weighted by Gasteiger charge is 2.51. The lowest BCUT2D eigenvalue weighted by Crippen LogP contribution is -2.57. The zero-order valence-corrected chi connectivity index (χ0v) is 18.1. The van der Waals surface area contributed by atoms with E-state index in [0.29, 0.717) is 16.8 Å². The molecule has 1 aromatic carbocycles. The number of thioether (sulfide) groups is 1. The molecule has 2 atom stereocenters. The lowest BCUT2D eigenvalue weighted by atomic mass is 9.88. The van der Waals surface area contributed by atoms with E-state index in [-0.39, 0.29) is 10.7 Å². The smallest absolute Gasteiger partial charge is 0.317 e. The predicted molar refractivity (Wildman–Crippen MR) is 123 cm³/mol. The summed E-state index contributed by atoms with van der Waals surface area (Å²) in [6.45, 7) is 0. The number of para-hydroxylation sites is 1. The molecule has 0 aliphatic heterocycles. The number of amides is 3. The normalized spacial score (nSPS) is 22.8. The number of primary amides is 1. The molecule has 1 heterocycles. The number of alkyl halides is 1. The highest BCUT2D eigenvalue weighted by atomic mass is 35.5. The molecule has 10 heteroatoms. The van der Waals surface area contributed by atoms with Crippen LogP contribution in [0.5, 0.6) is 0 Å². The summed E-state index contributed by atoms with van der Waals surface area (Å²) in [6, 6.07) is 9.32. The number of nitrogens with two attached hydrogens (primary N) is 1. The minimum absolute atomic E-state index is 0.146. The van der Waals surface area contributed by atoms with Crippen molar-refractivity contribution in [3.05, 3.63) is 72.2 Å². The molecule has 30 heavy (non-hydrogen) atoms. The van der Waals surface area contributed by atoms with Crippen LogP contribution in [0.4, 0.5) is 10.5 Å². The van der Waals surface area contributed by atoms with Gasteiger partial charge in [-0.3, -0.25) is 4.79 Å². The van der Waals surface area contributed by atoms with Gasteiger partial charge in [-0.2, -0.15) is 0 Å². The molecule has 0 saturated heterocycles. The molecule has 5 N–H and O–H groups in total. The minimum Gasteiger partial charge on any atom is -0.459 e. The molecule has 1 aromatic heterocycles. The topological polar surface area (TPSA) is 118 Å². The van der Waals surface area contributed by atoms with E-state index in [9.17, 15) is 14.7 Å². The first kappa shape index (κ1) is 22.1. The number of halogens is 1. The summed E-state index contributed by atoms with van der Waals surface area (Å²) in [7, 11) is 0. The van der Waals surface area contributed by atoms with Crippen LogP contribution in [0.1, 0.15) is 16.1 Å². The molecule has 1 aliphatic carbocycles. The Morgan fingerprint density at radius 3 is 2.63 bits per heavy atom. The van der Waals surface area contributed by atoms with Crippen molar-refractivity contribution in [1.29, 1.82) is 0 Å². The lowest BCUT2D eigenvalue weighted by molar-refractivity contribution is 0.0996. The van der Waals surface area contributed by atoms with Gasteiger partial charge in [0.2, 0.25) is 0 Å². The molecular formula is C20H18ClN3O4S2. The van der Waals surface area contributed by atoms with Crippen LogP contribution in [-0.4, -0.2) is 38.1 Å². The summed E-state index contributed by atoms with van der Waals surface area (Å²) >= 11 is 13.1. The maximum absolute atomic E-state index is 12.4. The Labute approximate surface area is 187 Å². The molecule has 0 bridgehead atoms. The molecule has 156 valence electrons. The van der Waals surface area contributed by atoms with E-state index in [0.717, 1.165) is 11.8 Å². The molecular weight excluding hydrogens is 446 g/mol. The number of carbonyl (C=O) groups excluding carboxylic acids is 2. The van der Waals surface area contributed by atoms with Gasteiger partial charge in [-0.05, 0) is 42.2 Å². The molecule has 1 aliphatic rings. The van der Waals surface area contributed by atoms with Crippen LogP contribution in [0, 0.1) is 0 Å². The Morgan fingerprint density at radius 1 is 1.27 bits per heavy atom. The lowest BCUT2D eigenvalue weighted by Gasteiger charge is -2.40. The number of urea groups is 1. The van der Waals surface area contributed by atoms with Gasteiger partial charge in [-0.25, -0.2) is 4.79 Å². The summed E-state index contributed by atoms with van der Waals surface area (Å²) in [4.78, 5) is 20.3. The summed E-state index contributed by atoms with van der Waals surface area (Å²) < 4.78 is 5.13. The highest BCUT2D eigenvalue weighted by molar-refractivity contribution is 8.00. The van der Waals surface area contributed by atoms with Crippen molar-refractivity contribution in [2.24, 2.45) is 5.73 Å². The van der Waals surface area contributed by atoms with Crippen LogP contribution in [0.3, 0.4) is 0 Å². The van der Waals surface area contributed by atoms with Gasteiger partial charge >= 0.3 is 6.03 Å². The number of hydrogen-bond acceptors (Lipinski definition) is 6. The Balaban J connectivity index is 2.02. The van der Waals surface area contributed by atoms with E-state index >= 15 is 0 Å². The molecule has 2 aromatic rings. The maximum atomic E-state index is 12.4. The molecule has 3 amide bonds. The van der Waals surface area contributed by atoms with Crippen LogP contribution >= 0.6 is 35.6 Å². The molecule has 0 saturated carbocycles. The monoisotopic (exact) mass is 463 g/mol. The van der Waals surface area contributed by atoms with Crippen molar-refractivity contribution < 1.29 is 19.1 Å². The Hall–Kier alpha value is -2.59. The van der Waals surface area contributed by atoms with E-state index in [1.54, 1.807) is 48.7 Å². The SMILES string of the molecule is CSC1(O)C=CC(c2ccccc2NC(=O)c2ccco2)=CC1(Cl)C(=S)NC(N)=O. The quantitative estimate of drug-likeness (QED) is 0.306. The predicted octanol–water partition coefficient (Wildman–Crippen LogP) is 3.51. The molecule has 0 spiro atoms. The van der Waals surface area contributed by atoms with Gasteiger partial charge in [-0.1, -0.05) is 36.5 Å². The third-order valence-electron chi connectivity index (χ3n) is 4.47. The molecule has 0 fully saturated rings. The fraction of sp³-hybridized carbons (Fsp3) is 0.150. The first-order chi connectivity index (χ1) is 14.2. The molecule has 7 nitrogen and oxygen atoms in total. The maximum Gasteiger partial charge on any atom is 0.317 e. The summed E-state index contributed by atoms with van der Waals surface area (Å²) in [5.41, 5.74) is 6.88. The average molecular weight is 464 g/mol. The van der Waals surface area contributed by atoms with Gasteiger partial charge in [0.15, 0.2) is 15.6 Å². The van der Waals surface area contributed by atoms with Crippen molar-refractivity contribution in [3.63, 3.8) is 0 Å². The van der Waals surface area contributed by atoms with Gasteiger partial charge in [0.05, 0.1) is 6.26 Å². The van der Waals surface area contributed by atoms with E-state index < -0.39 is 21.7 Å². The number of nitrogens with one attached hydrogen (secondary N) is 2. The minimum atomic E-state index is -1.67. The first-order valence-electron chi connectivity index (χ1n) is 8.64. The average Bonchev–Trinajstić information content (AvgIpc) is 3.25. The molecule has 2 unspecified atom stereocenters. The Kier molecular flexibility index (Phi) is 6.37. The van der Waals surface area contributed by atoms with E-state index in [2.05, 4.69) is 10.6 Å². The van der Waals surface area contributed by atoms with Gasteiger partial charge in [0.25, 0.3) is 5.91 Å². The summed E-state index contributed by atoms with van der Waals surface area (Å²) in [5.74, 6) is -0.259. The van der Waals surface area contributed by atoms with Gasteiger partial charge < -0.3 is 25.9 Å². The zero-order chi connectivity index (χ0) is 21.9. The third kappa shape index (κ3) is 4.15. The molecule has 3 rings (SSSR count). The van der Waals surface area contributed by atoms with Gasteiger partial charge in [0.1, 0.15) is 4.99 Å². The number of hydrogen-bond donors (Lipinski definition) is 4. The third-order valence-corrected chi connectivity index (χ3v) is 6.79. The van der Waals surface area contributed by atoms with Gasteiger partial charge in [0, 0.05) is 11.3 Å². The van der Waals surface area contributed by atoms with Crippen molar-refractivity contribution in [2.75, 3.05) is 11.6 Å². The first-order valence-corrected chi connectivity index (χ1v) is 10.6. The Morgan fingerprint density at radius 2 is 2.00 bits per heavy atom. The van der Waals surface area contributed by atoms with Crippen LogP contribution in [-0.2, 0) is 0 Å². The number of carbonyl (C=O) groups is 2. The zero-order valence-electron chi connectivity index (χ0n) is 15.7. The largest absolute Gasteiger partial charge is 0.459 e. The second kappa shape index (κ2) is 8.65. The Bertz CT molecular complexity index is 1050. The van der Waals surface area contributed by atoms with E-state index in [4.69, 9.17) is 34.0 Å². The van der Waals surface area contributed by atoms with Crippen molar-refractivity contribution in [1.82, 2.24) is 5.32 Å². The number of anilines is 1. The number of rotatable bonds is 5. The van der Waals surface area contributed by atoms with Crippen LogP contribution in [0.2, 0.25) is 0 Å². The number of aliphatic hydroxyl groups is 1. The van der Waals surface area contributed by atoms with Crippen molar-refractivity contribution in [3.8, 4) is 0 Å². The number of thiocarbonyl (C=S) groups is 1. The van der Waals surface area contributed by atoms with E-state index in [1.807, 2.05) is 0 Å². The molecule has 0 radical (unpaired) electrons. The summed E-state index contributed by atoms with van der Waals surface area (Å²) in [6.07, 6.45) is 7.75. The van der Waals surface area contributed by atoms with Crippen molar-refractivity contribution >= 4 is 63.8 Å². The van der Waals surface area contributed by atoms with Crippen molar-refractivity contribution in [2.45, 2.75) is 9.81 Å². The second-order valence-electron chi connectivity index (χ2n) is 6.34. The summed E-state index contributed by atoms with van der Waals surface area (Å²) in [5, 5.41) is 16.1. The van der Waals surface area contributed by atoms with Crippen LogP contribution < -0.4 is 16.4 Å². The van der Waals surface area contributed by atoms with E-state index in [1.165, 1.54) is 18.4 Å². The second-order valence-corrected chi connectivity index (χ2v) is 8.38. The number of benzene rings is 1. The highest BCUT2D eigenvalue weighted by Crippen LogP contribution is 2.46. The fourth-order valence-electron chi connectivity index (χ4n) is 2.94. The van der Waals surface area contributed by atoms with Gasteiger partial charge in [-0.15, -0.1) is 23.4 Å². The number of furan rings is 1. The number of allylic oxidation sites excluding steroid dienone is 2. The van der Waals surface area contributed by atoms with Crippen LogP contribution in [0.25, 0.3) is 5.57 Å². The fourth-order valence-corrected chi connectivity index (χ4v) is 4.44. The van der Waals surface area contributed by atoms with Crippen LogP contribution in [0.15, 0.2) is 65.3 Å². The standard InChI is InChI=1S/C20H18ClN3O4S2/c1-30-20(27)9-8-12(11-19(20,21)17(29)24-18(22)26)13-5-2-3-6-14(13)23-16(25)15-7-4-10-28-15/h2-11,27H,1H3,(H,23,25)(H3,22,24,26,29).